The lowest BCUT2D eigenvalue weighted by atomic mass is 9.94. The Bertz CT molecular complexity index is 1310. The van der Waals surface area contributed by atoms with Crippen LogP contribution >= 0.6 is 0 Å². The molecule has 5 nitrogen and oxygen atoms in total. The monoisotopic (exact) mass is 487 g/mol. The number of carbonyl (C=O) groups excluding carboxylic acids is 2. The molecule has 3 aromatic rings. The maximum Gasteiger partial charge on any atom is 0.300 e. The van der Waals surface area contributed by atoms with Gasteiger partial charge in [-0.1, -0.05) is 45.0 Å². The van der Waals surface area contributed by atoms with E-state index < -0.39 is 23.5 Å². The molecule has 0 spiro atoms. The number of hydrogen-bond donors (Lipinski definition) is 1. The summed E-state index contributed by atoms with van der Waals surface area (Å²) in [7, 11) is 0. The molecule has 0 aliphatic carbocycles. The highest BCUT2D eigenvalue weighted by atomic mass is 19.1. The largest absolute Gasteiger partial charge is 0.507 e. The molecule has 4 rings (SSSR count). The van der Waals surface area contributed by atoms with Gasteiger partial charge in [-0.3, -0.25) is 14.5 Å². The van der Waals surface area contributed by atoms with Crippen molar-refractivity contribution in [1.29, 1.82) is 0 Å². The van der Waals surface area contributed by atoms with Crippen LogP contribution in [0.5, 0.6) is 5.75 Å². The Morgan fingerprint density at radius 1 is 1.03 bits per heavy atom. The fourth-order valence-electron chi connectivity index (χ4n) is 4.32. The van der Waals surface area contributed by atoms with Crippen LogP contribution in [0.4, 0.5) is 10.1 Å². The number of carbonyl (C=O) groups is 2. The molecule has 1 N–H and O–H groups in total. The molecule has 36 heavy (non-hydrogen) atoms. The van der Waals surface area contributed by atoms with Gasteiger partial charge in [0, 0.05) is 11.3 Å². The second-order valence-corrected chi connectivity index (χ2v) is 9.43. The number of ether oxygens (including phenoxy) is 1. The van der Waals surface area contributed by atoms with E-state index in [1.807, 2.05) is 26.0 Å². The second-order valence-electron chi connectivity index (χ2n) is 9.43. The number of benzene rings is 3. The molecule has 1 aliphatic rings. The molecule has 1 aliphatic heterocycles. The molecule has 1 unspecified atom stereocenters. The van der Waals surface area contributed by atoms with Gasteiger partial charge in [-0.25, -0.2) is 4.39 Å². The highest BCUT2D eigenvalue weighted by Crippen LogP contribution is 2.42. The van der Waals surface area contributed by atoms with Gasteiger partial charge in [0.15, 0.2) is 0 Å². The molecule has 1 atom stereocenters. The number of ketones is 1. The maximum absolute atomic E-state index is 13.7. The molecule has 0 radical (unpaired) electrons. The summed E-state index contributed by atoms with van der Waals surface area (Å²) < 4.78 is 19.6. The number of halogens is 1. The summed E-state index contributed by atoms with van der Waals surface area (Å²) in [6.45, 7) is 8.55. The van der Waals surface area contributed by atoms with Crippen LogP contribution in [0.1, 0.15) is 49.1 Å². The first-order valence-corrected chi connectivity index (χ1v) is 12.1. The third-order valence-electron chi connectivity index (χ3n) is 6.27. The number of nitrogens with zero attached hydrogens (tertiary/aromatic N) is 1. The van der Waals surface area contributed by atoms with Crippen molar-refractivity contribution in [3.8, 4) is 5.75 Å². The zero-order valence-electron chi connectivity index (χ0n) is 20.9. The number of anilines is 1. The van der Waals surface area contributed by atoms with E-state index in [-0.39, 0.29) is 11.3 Å². The number of aryl methyl sites for hydroxylation is 2. The standard InChI is InChI=1S/C30H30FNO4/c1-5-20-6-13-24(14-7-20)32-27(21-8-11-23(31)12-9-21)26(29(34)30(32)35)28(33)22-10-15-25(19(4)16-22)36-17-18(2)3/h6-16,18,27,33H,5,17H2,1-4H3/b28-26-. The van der Waals surface area contributed by atoms with Crippen molar-refractivity contribution in [2.45, 2.75) is 40.2 Å². The molecule has 186 valence electrons. The Morgan fingerprint density at radius 2 is 1.69 bits per heavy atom. The van der Waals surface area contributed by atoms with E-state index in [0.717, 1.165) is 17.5 Å². The van der Waals surface area contributed by atoms with Gasteiger partial charge in [0.05, 0.1) is 18.2 Å². The molecular formula is C30H30FNO4. The van der Waals surface area contributed by atoms with Crippen molar-refractivity contribution < 1.29 is 23.8 Å². The van der Waals surface area contributed by atoms with E-state index >= 15 is 0 Å². The van der Waals surface area contributed by atoms with Gasteiger partial charge < -0.3 is 9.84 Å². The van der Waals surface area contributed by atoms with E-state index in [2.05, 4.69) is 13.8 Å². The minimum Gasteiger partial charge on any atom is -0.507 e. The average molecular weight is 488 g/mol. The first-order chi connectivity index (χ1) is 17.2. The number of aliphatic hydroxyl groups excluding tert-OH is 1. The molecular weight excluding hydrogens is 457 g/mol. The van der Waals surface area contributed by atoms with E-state index in [0.29, 0.717) is 35.1 Å². The molecule has 3 aromatic carbocycles. The van der Waals surface area contributed by atoms with Crippen molar-refractivity contribution in [3.05, 3.63) is 100 Å². The summed E-state index contributed by atoms with van der Waals surface area (Å²) in [5, 5.41) is 11.3. The number of aliphatic hydroxyl groups is 1. The zero-order valence-corrected chi connectivity index (χ0v) is 20.9. The zero-order chi connectivity index (χ0) is 26.0. The molecule has 0 aromatic heterocycles. The molecule has 1 heterocycles. The summed E-state index contributed by atoms with van der Waals surface area (Å²) in [6.07, 6.45) is 0.830. The normalized spacial score (nSPS) is 17.2. The quantitative estimate of drug-likeness (QED) is 0.239. The molecule has 1 saturated heterocycles. The van der Waals surface area contributed by atoms with Crippen LogP contribution in [-0.4, -0.2) is 23.4 Å². The fourth-order valence-corrected chi connectivity index (χ4v) is 4.32. The maximum atomic E-state index is 13.7. The lowest BCUT2D eigenvalue weighted by Crippen LogP contribution is -2.29. The van der Waals surface area contributed by atoms with E-state index in [9.17, 15) is 19.1 Å². The third kappa shape index (κ3) is 4.89. The number of rotatable bonds is 7. The highest BCUT2D eigenvalue weighted by Gasteiger charge is 2.47. The number of amides is 1. The second kappa shape index (κ2) is 10.4. The van der Waals surface area contributed by atoms with Crippen molar-refractivity contribution >= 4 is 23.1 Å². The lowest BCUT2D eigenvalue weighted by Gasteiger charge is -2.25. The molecule has 6 heteroatoms. The Balaban J connectivity index is 1.83. The fraction of sp³-hybridized carbons (Fsp3) is 0.267. The van der Waals surface area contributed by atoms with Crippen molar-refractivity contribution in [2.24, 2.45) is 5.92 Å². The van der Waals surface area contributed by atoms with Crippen molar-refractivity contribution in [2.75, 3.05) is 11.5 Å². The summed E-state index contributed by atoms with van der Waals surface area (Å²) in [5.41, 5.74) is 3.28. The van der Waals surface area contributed by atoms with Gasteiger partial charge >= 0.3 is 0 Å². The van der Waals surface area contributed by atoms with Gasteiger partial charge in [-0.15, -0.1) is 0 Å². The molecule has 0 bridgehead atoms. The van der Waals surface area contributed by atoms with E-state index in [1.54, 1.807) is 30.3 Å². The van der Waals surface area contributed by atoms with Crippen LogP contribution < -0.4 is 9.64 Å². The van der Waals surface area contributed by atoms with Crippen LogP contribution in [0.25, 0.3) is 5.76 Å². The van der Waals surface area contributed by atoms with E-state index in [4.69, 9.17) is 4.74 Å². The van der Waals surface area contributed by atoms with Crippen LogP contribution in [0.3, 0.4) is 0 Å². The number of Topliss-reactive ketones (excluding diaryl/α,β-unsaturated/α-hetero) is 1. The topological polar surface area (TPSA) is 66.8 Å². The Labute approximate surface area is 210 Å². The van der Waals surface area contributed by atoms with Crippen LogP contribution in [-0.2, 0) is 16.0 Å². The summed E-state index contributed by atoms with van der Waals surface area (Å²) in [5.74, 6) is -1.21. The summed E-state index contributed by atoms with van der Waals surface area (Å²) >= 11 is 0. The minimum absolute atomic E-state index is 0.0403. The van der Waals surface area contributed by atoms with Gasteiger partial charge in [0.2, 0.25) is 0 Å². The van der Waals surface area contributed by atoms with Crippen LogP contribution in [0.2, 0.25) is 0 Å². The lowest BCUT2D eigenvalue weighted by molar-refractivity contribution is -0.132. The van der Waals surface area contributed by atoms with Crippen LogP contribution in [0, 0.1) is 18.7 Å². The molecule has 1 fully saturated rings. The average Bonchev–Trinajstić information content (AvgIpc) is 3.13. The number of hydrogen-bond acceptors (Lipinski definition) is 4. The van der Waals surface area contributed by atoms with Gasteiger partial charge in [0.1, 0.15) is 17.3 Å². The van der Waals surface area contributed by atoms with Gasteiger partial charge in [-0.05, 0) is 78.4 Å². The van der Waals surface area contributed by atoms with Gasteiger partial charge in [0.25, 0.3) is 11.7 Å². The van der Waals surface area contributed by atoms with Crippen molar-refractivity contribution in [1.82, 2.24) is 0 Å². The first kappa shape index (κ1) is 25.2. The third-order valence-corrected chi connectivity index (χ3v) is 6.27. The Hall–Kier alpha value is -3.93. The predicted octanol–water partition coefficient (Wildman–Crippen LogP) is 6.36. The minimum atomic E-state index is -0.907. The van der Waals surface area contributed by atoms with Gasteiger partial charge in [-0.2, -0.15) is 0 Å². The SMILES string of the molecule is CCc1ccc(N2C(=O)C(=O)/C(=C(\O)c3ccc(OCC(C)C)c(C)c3)C2c2ccc(F)cc2)cc1. The summed E-state index contributed by atoms with van der Waals surface area (Å²) in [6, 6.07) is 17.2. The summed E-state index contributed by atoms with van der Waals surface area (Å²) in [4.78, 5) is 27.9. The van der Waals surface area contributed by atoms with Crippen molar-refractivity contribution in [3.63, 3.8) is 0 Å². The smallest absolute Gasteiger partial charge is 0.300 e. The predicted molar refractivity (Wildman–Crippen MR) is 139 cm³/mol. The molecule has 0 saturated carbocycles. The first-order valence-electron chi connectivity index (χ1n) is 12.1. The highest BCUT2D eigenvalue weighted by molar-refractivity contribution is 6.51. The molecule has 1 amide bonds. The Kier molecular flexibility index (Phi) is 7.25. The van der Waals surface area contributed by atoms with E-state index in [1.165, 1.54) is 29.2 Å². The van der Waals surface area contributed by atoms with Crippen LogP contribution in [0.15, 0.2) is 72.3 Å². The Morgan fingerprint density at radius 3 is 2.28 bits per heavy atom.